The molecule has 1 atom stereocenters. The van der Waals surface area contributed by atoms with Gasteiger partial charge in [-0.1, -0.05) is 6.42 Å². The van der Waals surface area contributed by atoms with Crippen LogP contribution in [0.5, 0.6) is 0 Å². The maximum Gasteiger partial charge on any atom is 0.0635 e. The molecule has 0 radical (unpaired) electrons. The molecule has 0 saturated carbocycles. The van der Waals surface area contributed by atoms with Crippen molar-refractivity contribution in [3.63, 3.8) is 0 Å². The summed E-state index contributed by atoms with van der Waals surface area (Å²) in [5.41, 5.74) is 0. The zero-order valence-corrected chi connectivity index (χ0v) is 9.49. The van der Waals surface area contributed by atoms with Gasteiger partial charge in [0.05, 0.1) is 6.07 Å². The van der Waals surface area contributed by atoms with Crippen molar-refractivity contribution in [1.29, 1.82) is 5.26 Å². The second-order valence-electron chi connectivity index (χ2n) is 4.75. The van der Waals surface area contributed by atoms with Crippen molar-refractivity contribution in [1.82, 2.24) is 9.80 Å². The number of rotatable bonds is 2. The van der Waals surface area contributed by atoms with E-state index in [-0.39, 0.29) is 0 Å². The van der Waals surface area contributed by atoms with Gasteiger partial charge >= 0.3 is 0 Å². The van der Waals surface area contributed by atoms with Crippen LogP contribution in [0.15, 0.2) is 0 Å². The van der Waals surface area contributed by atoms with E-state index in [4.69, 9.17) is 5.26 Å². The Morgan fingerprint density at radius 3 is 2.87 bits per heavy atom. The summed E-state index contributed by atoms with van der Waals surface area (Å²) < 4.78 is 0. The third-order valence-electron chi connectivity index (χ3n) is 3.68. The van der Waals surface area contributed by atoms with Crippen LogP contribution in [0.3, 0.4) is 0 Å². The quantitative estimate of drug-likeness (QED) is 0.687. The van der Waals surface area contributed by atoms with Crippen LogP contribution < -0.4 is 0 Å². The van der Waals surface area contributed by atoms with E-state index in [0.29, 0.717) is 6.42 Å². The average molecular weight is 207 g/mol. The first-order valence-corrected chi connectivity index (χ1v) is 6.23. The Kier molecular flexibility index (Phi) is 3.99. The number of nitrogens with zero attached hydrogens (tertiary/aromatic N) is 3. The molecule has 2 rings (SSSR count). The molecule has 2 heterocycles. The summed E-state index contributed by atoms with van der Waals surface area (Å²) >= 11 is 0. The van der Waals surface area contributed by atoms with Crippen molar-refractivity contribution < 1.29 is 0 Å². The molecule has 0 amide bonds. The molecule has 2 aliphatic rings. The summed E-state index contributed by atoms with van der Waals surface area (Å²) in [7, 11) is 0. The number of fused-ring (bicyclic) bond motifs is 1. The predicted molar refractivity (Wildman–Crippen MR) is 60.5 cm³/mol. The van der Waals surface area contributed by atoms with E-state index in [1.165, 1.54) is 51.9 Å². The van der Waals surface area contributed by atoms with Gasteiger partial charge in [0.15, 0.2) is 0 Å². The van der Waals surface area contributed by atoms with Crippen LogP contribution in [0.1, 0.15) is 32.1 Å². The van der Waals surface area contributed by atoms with E-state index < -0.39 is 0 Å². The van der Waals surface area contributed by atoms with E-state index in [1.54, 1.807) is 0 Å². The zero-order chi connectivity index (χ0) is 10.5. The maximum absolute atomic E-state index is 8.61. The molecule has 2 aliphatic heterocycles. The second-order valence-corrected chi connectivity index (χ2v) is 4.75. The normalized spacial score (nSPS) is 29.1. The van der Waals surface area contributed by atoms with E-state index in [0.717, 1.165) is 12.6 Å². The Balaban J connectivity index is 1.87. The SMILES string of the molecule is N#CCCN1CCCN2CCCCC2C1. The molecule has 2 fully saturated rings. The van der Waals surface area contributed by atoms with E-state index in [9.17, 15) is 0 Å². The lowest BCUT2D eigenvalue weighted by molar-refractivity contribution is 0.137. The first-order chi connectivity index (χ1) is 7.40. The Labute approximate surface area is 92.7 Å². The van der Waals surface area contributed by atoms with Gasteiger partial charge in [0.1, 0.15) is 0 Å². The van der Waals surface area contributed by atoms with Gasteiger partial charge in [-0.25, -0.2) is 0 Å². The Morgan fingerprint density at radius 2 is 2.00 bits per heavy atom. The fourth-order valence-electron chi connectivity index (χ4n) is 2.86. The maximum atomic E-state index is 8.61. The first kappa shape index (κ1) is 10.9. The topological polar surface area (TPSA) is 30.3 Å². The fourth-order valence-corrected chi connectivity index (χ4v) is 2.86. The molecule has 0 N–H and O–H groups in total. The monoisotopic (exact) mass is 207 g/mol. The largest absolute Gasteiger partial charge is 0.301 e. The highest BCUT2D eigenvalue weighted by molar-refractivity contribution is 4.84. The average Bonchev–Trinajstić information content (AvgIpc) is 2.47. The van der Waals surface area contributed by atoms with Crippen LogP contribution in [-0.2, 0) is 0 Å². The number of piperidine rings is 1. The minimum Gasteiger partial charge on any atom is -0.301 e. The van der Waals surface area contributed by atoms with E-state index in [2.05, 4.69) is 15.9 Å². The Hall–Kier alpha value is -0.590. The van der Waals surface area contributed by atoms with Gasteiger partial charge in [-0.05, 0) is 38.9 Å². The Morgan fingerprint density at radius 1 is 1.13 bits per heavy atom. The zero-order valence-electron chi connectivity index (χ0n) is 9.49. The first-order valence-electron chi connectivity index (χ1n) is 6.23. The van der Waals surface area contributed by atoms with Crippen LogP contribution in [-0.4, -0.2) is 48.6 Å². The van der Waals surface area contributed by atoms with Crippen LogP contribution >= 0.6 is 0 Å². The molecule has 15 heavy (non-hydrogen) atoms. The van der Waals surface area contributed by atoms with Gasteiger partial charge < -0.3 is 4.90 Å². The van der Waals surface area contributed by atoms with Crippen molar-refractivity contribution in [3.05, 3.63) is 0 Å². The van der Waals surface area contributed by atoms with Gasteiger partial charge in [0, 0.05) is 25.6 Å². The summed E-state index contributed by atoms with van der Waals surface area (Å²) in [5.74, 6) is 0. The van der Waals surface area contributed by atoms with Crippen molar-refractivity contribution in [2.45, 2.75) is 38.1 Å². The van der Waals surface area contributed by atoms with Gasteiger partial charge in [0.25, 0.3) is 0 Å². The molecule has 0 aliphatic carbocycles. The summed E-state index contributed by atoms with van der Waals surface area (Å²) in [6.07, 6.45) is 6.11. The van der Waals surface area contributed by atoms with E-state index in [1.807, 2.05) is 0 Å². The molecule has 0 aromatic rings. The summed E-state index contributed by atoms with van der Waals surface area (Å²) in [6, 6.07) is 3.03. The van der Waals surface area contributed by atoms with Crippen molar-refractivity contribution in [2.75, 3.05) is 32.7 Å². The summed E-state index contributed by atoms with van der Waals surface area (Å²) in [5, 5.41) is 8.61. The summed E-state index contributed by atoms with van der Waals surface area (Å²) in [6.45, 7) is 5.93. The second kappa shape index (κ2) is 5.48. The van der Waals surface area contributed by atoms with Gasteiger partial charge in [-0.2, -0.15) is 5.26 Å². The third-order valence-corrected chi connectivity index (χ3v) is 3.68. The van der Waals surface area contributed by atoms with E-state index >= 15 is 0 Å². The number of hydrogen-bond donors (Lipinski definition) is 0. The van der Waals surface area contributed by atoms with Gasteiger partial charge in [0.2, 0.25) is 0 Å². The molecule has 1 unspecified atom stereocenters. The van der Waals surface area contributed by atoms with Gasteiger partial charge in [-0.15, -0.1) is 0 Å². The lowest BCUT2D eigenvalue weighted by Crippen LogP contribution is -2.44. The number of hydrogen-bond acceptors (Lipinski definition) is 3. The van der Waals surface area contributed by atoms with Crippen molar-refractivity contribution in [3.8, 4) is 6.07 Å². The minimum absolute atomic E-state index is 0.687. The lowest BCUT2D eigenvalue weighted by Gasteiger charge is -2.35. The fraction of sp³-hybridized carbons (Fsp3) is 0.917. The molecule has 3 nitrogen and oxygen atoms in total. The van der Waals surface area contributed by atoms with Crippen molar-refractivity contribution in [2.24, 2.45) is 0 Å². The lowest BCUT2D eigenvalue weighted by atomic mass is 10.0. The summed E-state index contributed by atoms with van der Waals surface area (Å²) in [4.78, 5) is 5.15. The van der Waals surface area contributed by atoms with Gasteiger partial charge in [-0.3, -0.25) is 4.90 Å². The molecule has 3 heteroatoms. The number of nitriles is 1. The third kappa shape index (κ3) is 2.93. The van der Waals surface area contributed by atoms with Crippen LogP contribution in [0.25, 0.3) is 0 Å². The standard InChI is InChI=1S/C12H21N3/c13-6-3-7-14-8-4-10-15-9-2-1-5-12(15)11-14/h12H,1-5,7-11H2. The van der Waals surface area contributed by atoms with Crippen molar-refractivity contribution >= 4 is 0 Å². The minimum atomic E-state index is 0.687. The molecule has 0 aromatic heterocycles. The highest BCUT2D eigenvalue weighted by Gasteiger charge is 2.26. The Bertz CT molecular complexity index is 234. The highest BCUT2D eigenvalue weighted by atomic mass is 15.2. The van der Waals surface area contributed by atoms with Crippen LogP contribution in [0.4, 0.5) is 0 Å². The molecule has 0 aromatic carbocycles. The molecular weight excluding hydrogens is 186 g/mol. The smallest absolute Gasteiger partial charge is 0.0635 e. The molecule has 2 saturated heterocycles. The molecule has 0 spiro atoms. The van der Waals surface area contributed by atoms with Crippen LogP contribution in [0, 0.1) is 11.3 Å². The molecular formula is C12H21N3. The van der Waals surface area contributed by atoms with Crippen LogP contribution in [0.2, 0.25) is 0 Å². The molecule has 84 valence electrons. The highest BCUT2D eigenvalue weighted by Crippen LogP contribution is 2.20. The molecule has 0 bridgehead atoms. The predicted octanol–water partition coefficient (Wildman–Crippen LogP) is 1.46.